The molecule has 0 bridgehead atoms. The molecule has 2 aliphatic heterocycles. The smallest absolute Gasteiger partial charge is 0.134 e. The molecular formula is C9H13N3. The van der Waals surface area contributed by atoms with Crippen molar-refractivity contribution in [1.29, 1.82) is 0 Å². The Morgan fingerprint density at radius 2 is 2.25 bits per heavy atom. The van der Waals surface area contributed by atoms with Crippen LogP contribution in [-0.4, -0.2) is 29.7 Å². The molecule has 0 spiro atoms. The van der Waals surface area contributed by atoms with Crippen molar-refractivity contribution in [3.05, 3.63) is 12.3 Å². The minimum atomic E-state index is 0.266. The van der Waals surface area contributed by atoms with Crippen LogP contribution in [0.25, 0.3) is 0 Å². The van der Waals surface area contributed by atoms with Gasteiger partial charge in [-0.25, -0.2) is 9.98 Å². The van der Waals surface area contributed by atoms with Gasteiger partial charge in [0.25, 0.3) is 0 Å². The molecular weight excluding hydrogens is 150 g/mol. The molecule has 2 atom stereocenters. The highest BCUT2D eigenvalue weighted by atomic mass is 15.3. The van der Waals surface area contributed by atoms with Gasteiger partial charge in [0.1, 0.15) is 12.5 Å². The Bertz CT molecular complexity index is 252. The van der Waals surface area contributed by atoms with Gasteiger partial charge in [-0.2, -0.15) is 0 Å². The average molecular weight is 163 g/mol. The molecule has 2 unspecified atom stereocenters. The van der Waals surface area contributed by atoms with E-state index in [2.05, 4.69) is 41.0 Å². The first-order valence-corrected chi connectivity index (χ1v) is 4.30. The van der Waals surface area contributed by atoms with E-state index in [-0.39, 0.29) is 6.17 Å². The summed E-state index contributed by atoms with van der Waals surface area (Å²) in [6.45, 7) is 4.35. The molecule has 3 heteroatoms. The van der Waals surface area contributed by atoms with Gasteiger partial charge in [0.15, 0.2) is 0 Å². The van der Waals surface area contributed by atoms with Gasteiger partial charge in [-0.05, 0) is 20.0 Å². The predicted molar refractivity (Wildman–Crippen MR) is 50.4 cm³/mol. The largest absolute Gasteiger partial charge is 0.353 e. The van der Waals surface area contributed by atoms with Crippen molar-refractivity contribution < 1.29 is 0 Å². The number of hydrogen-bond donors (Lipinski definition) is 0. The molecule has 3 nitrogen and oxygen atoms in total. The van der Waals surface area contributed by atoms with E-state index in [1.165, 1.54) is 0 Å². The van der Waals surface area contributed by atoms with Crippen molar-refractivity contribution in [3.63, 3.8) is 0 Å². The lowest BCUT2D eigenvalue weighted by molar-refractivity contribution is 0.240. The van der Waals surface area contributed by atoms with Gasteiger partial charge in [-0.15, -0.1) is 0 Å². The van der Waals surface area contributed by atoms with Crippen molar-refractivity contribution in [1.82, 2.24) is 4.90 Å². The van der Waals surface area contributed by atoms with Gasteiger partial charge in [-0.3, -0.25) is 0 Å². The maximum absolute atomic E-state index is 4.33. The summed E-state index contributed by atoms with van der Waals surface area (Å²) in [5.41, 5.74) is 0. The molecule has 0 aliphatic carbocycles. The van der Waals surface area contributed by atoms with Gasteiger partial charge >= 0.3 is 0 Å². The lowest BCUT2D eigenvalue weighted by Crippen LogP contribution is -2.36. The minimum absolute atomic E-state index is 0.266. The first-order chi connectivity index (χ1) is 5.79. The van der Waals surface area contributed by atoms with Gasteiger partial charge in [0, 0.05) is 12.3 Å². The predicted octanol–water partition coefficient (Wildman–Crippen LogP) is 1.28. The van der Waals surface area contributed by atoms with E-state index >= 15 is 0 Å². The fourth-order valence-corrected chi connectivity index (χ4v) is 1.61. The minimum Gasteiger partial charge on any atom is -0.353 e. The fraction of sp³-hybridized carbons (Fsp3) is 0.556. The molecule has 64 valence electrons. The Hall–Kier alpha value is -1.12. The molecule has 0 aromatic carbocycles. The number of rotatable bonds is 1. The van der Waals surface area contributed by atoms with E-state index in [0.717, 1.165) is 0 Å². The summed E-state index contributed by atoms with van der Waals surface area (Å²) in [5.74, 6) is 0.386. The second-order valence-electron chi connectivity index (χ2n) is 3.44. The fourth-order valence-electron chi connectivity index (χ4n) is 1.61. The van der Waals surface area contributed by atoms with E-state index in [9.17, 15) is 0 Å². The van der Waals surface area contributed by atoms with Crippen molar-refractivity contribution in [2.45, 2.75) is 26.1 Å². The van der Waals surface area contributed by atoms with Gasteiger partial charge in [0.05, 0.1) is 5.92 Å². The molecule has 0 aromatic heterocycles. The Morgan fingerprint density at radius 1 is 1.42 bits per heavy atom. The Labute approximate surface area is 72.5 Å². The van der Waals surface area contributed by atoms with E-state index in [1.807, 2.05) is 6.21 Å². The second kappa shape index (κ2) is 2.73. The summed E-state index contributed by atoms with van der Waals surface area (Å²) in [7, 11) is 0. The van der Waals surface area contributed by atoms with Crippen molar-refractivity contribution in [2.24, 2.45) is 15.9 Å². The molecule has 12 heavy (non-hydrogen) atoms. The van der Waals surface area contributed by atoms with Crippen LogP contribution in [0.4, 0.5) is 0 Å². The SMILES string of the molecule is CC(C)N1C=CC2C=NC=NC21. The average Bonchev–Trinajstić information content (AvgIpc) is 2.47. The van der Waals surface area contributed by atoms with E-state index in [4.69, 9.17) is 0 Å². The third kappa shape index (κ3) is 1.05. The first kappa shape index (κ1) is 7.53. The van der Waals surface area contributed by atoms with E-state index < -0.39 is 0 Å². The summed E-state index contributed by atoms with van der Waals surface area (Å²) in [5, 5.41) is 0. The van der Waals surface area contributed by atoms with Gasteiger partial charge < -0.3 is 4.90 Å². The van der Waals surface area contributed by atoms with Crippen LogP contribution in [0, 0.1) is 5.92 Å². The Morgan fingerprint density at radius 3 is 3.00 bits per heavy atom. The van der Waals surface area contributed by atoms with Gasteiger partial charge in [-0.1, -0.05) is 6.08 Å². The summed E-state index contributed by atoms with van der Waals surface area (Å²) in [6, 6.07) is 0.514. The summed E-state index contributed by atoms with van der Waals surface area (Å²) in [4.78, 5) is 10.6. The second-order valence-corrected chi connectivity index (χ2v) is 3.44. The molecule has 0 saturated carbocycles. The molecule has 0 N–H and O–H groups in total. The zero-order valence-electron chi connectivity index (χ0n) is 7.38. The third-order valence-electron chi connectivity index (χ3n) is 2.27. The van der Waals surface area contributed by atoms with Crippen LogP contribution in [0.5, 0.6) is 0 Å². The zero-order valence-corrected chi connectivity index (χ0v) is 7.38. The van der Waals surface area contributed by atoms with E-state index in [0.29, 0.717) is 12.0 Å². The zero-order chi connectivity index (χ0) is 8.55. The third-order valence-corrected chi connectivity index (χ3v) is 2.27. The van der Waals surface area contributed by atoms with Crippen molar-refractivity contribution in [3.8, 4) is 0 Å². The molecule has 0 fully saturated rings. The number of aliphatic imine (C=N–C) groups is 2. The van der Waals surface area contributed by atoms with Crippen LogP contribution in [0.1, 0.15) is 13.8 Å². The Kier molecular flexibility index (Phi) is 1.71. The first-order valence-electron chi connectivity index (χ1n) is 4.30. The van der Waals surface area contributed by atoms with Crippen LogP contribution >= 0.6 is 0 Å². The highest BCUT2D eigenvalue weighted by Gasteiger charge is 2.29. The Balaban J connectivity index is 2.18. The lowest BCUT2D eigenvalue weighted by atomic mass is 10.1. The van der Waals surface area contributed by atoms with Crippen LogP contribution < -0.4 is 0 Å². The maximum Gasteiger partial charge on any atom is 0.134 e. The standard InChI is InChI=1S/C9H13N3/c1-7(2)12-4-3-8-5-10-6-11-9(8)12/h3-9H,1-2H3. The quantitative estimate of drug-likeness (QED) is 0.572. The van der Waals surface area contributed by atoms with Crippen LogP contribution in [0.15, 0.2) is 22.3 Å². The number of nitrogens with zero attached hydrogens (tertiary/aromatic N) is 3. The van der Waals surface area contributed by atoms with E-state index in [1.54, 1.807) is 6.34 Å². The van der Waals surface area contributed by atoms with Crippen LogP contribution in [0.3, 0.4) is 0 Å². The van der Waals surface area contributed by atoms with Crippen LogP contribution in [-0.2, 0) is 0 Å². The molecule has 0 amide bonds. The summed E-state index contributed by atoms with van der Waals surface area (Å²) < 4.78 is 0. The van der Waals surface area contributed by atoms with Gasteiger partial charge in [0.2, 0.25) is 0 Å². The highest BCUT2D eigenvalue weighted by molar-refractivity contribution is 5.78. The summed E-state index contributed by atoms with van der Waals surface area (Å²) in [6.07, 6.45) is 8.14. The topological polar surface area (TPSA) is 28.0 Å². The van der Waals surface area contributed by atoms with Crippen molar-refractivity contribution >= 4 is 12.6 Å². The van der Waals surface area contributed by atoms with Crippen LogP contribution in [0.2, 0.25) is 0 Å². The molecule has 2 rings (SSSR count). The number of hydrogen-bond acceptors (Lipinski definition) is 3. The summed E-state index contributed by atoms with van der Waals surface area (Å²) >= 11 is 0. The lowest BCUT2D eigenvalue weighted by Gasteiger charge is -2.29. The molecule has 2 aliphatic rings. The van der Waals surface area contributed by atoms with Crippen molar-refractivity contribution in [2.75, 3.05) is 0 Å². The number of fused-ring (bicyclic) bond motifs is 1. The monoisotopic (exact) mass is 163 g/mol. The maximum atomic E-state index is 4.33. The molecule has 0 aromatic rings. The highest BCUT2D eigenvalue weighted by Crippen LogP contribution is 2.24. The molecule has 2 heterocycles. The normalized spacial score (nSPS) is 31.8. The molecule has 0 radical (unpaired) electrons. The molecule has 0 saturated heterocycles.